The number of cyclic esters (lactones) is 1. The summed E-state index contributed by atoms with van der Waals surface area (Å²) in [7, 11) is -1.84. The Labute approximate surface area is 178 Å². The van der Waals surface area contributed by atoms with Gasteiger partial charge < -0.3 is 19.4 Å². The van der Waals surface area contributed by atoms with Gasteiger partial charge in [-0.05, 0) is 36.3 Å². The highest BCUT2D eigenvalue weighted by Crippen LogP contribution is 2.39. The minimum Gasteiger partial charge on any atom is -0.442 e. The van der Waals surface area contributed by atoms with Gasteiger partial charge in [-0.3, -0.25) is 9.69 Å². The van der Waals surface area contributed by atoms with Gasteiger partial charge in [0.15, 0.2) is 8.32 Å². The van der Waals surface area contributed by atoms with Crippen LogP contribution in [0.5, 0.6) is 0 Å². The summed E-state index contributed by atoms with van der Waals surface area (Å²) in [5.41, 5.74) is 0.956. The van der Waals surface area contributed by atoms with Crippen LogP contribution in [0.2, 0.25) is 18.1 Å². The van der Waals surface area contributed by atoms with Crippen molar-refractivity contribution in [3.63, 3.8) is 0 Å². The topological polar surface area (TPSA) is 71.1 Å². The second-order valence-electron chi connectivity index (χ2n) is 9.59. The van der Waals surface area contributed by atoms with E-state index < -0.39 is 20.5 Å². The summed E-state index contributed by atoms with van der Waals surface area (Å²) < 4.78 is 26.4. The van der Waals surface area contributed by atoms with Crippen LogP contribution in [0.1, 0.15) is 27.7 Å². The highest BCUT2D eigenvalue weighted by molar-refractivity contribution is 6.74. The maximum atomic E-state index is 14.8. The molecule has 1 N–H and O–H groups in total. The van der Waals surface area contributed by atoms with Gasteiger partial charge in [0.25, 0.3) is 0 Å². The van der Waals surface area contributed by atoms with Crippen molar-refractivity contribution >= 4 is 31.7 Å². The van der Waals surface area contributed by atoms with Crippen LogP contribution in [0.25, 0.3) is 0 Å². The molecule has 2 saturated heterocycles. The molecule has 30 heavy (non-hydrogen) atoms. The highest BCUT2D eigenvalue weighted by atomic mass is 28.4. The maximum absolute atomic E-state index is 14.8. The Kier molecular flexibility index (Phi) is 6.15. The molecule has 2 aliphatic rings. The lowest BCUT2D eigenvalue weighted by molar-refractivity contribution is -0.119. The Bertz CT molecular complexity index is 821. The summed E-state index contributed by atoms with van der Waals surface area (Å²) in [4.78, 5) is 26.5. The number of carbonyl (C=O) groups is 2. The molecule has 1 aromatic rings. The lowest BCUT2D eigenvalue weighted by Crippen LogP contribution is -2.58. The summed E-state index contributed by atoms with van der Waals surface area (Å²) in [6, 6.07) is 4.78. The SMILES string of the molecule is CC(=O)NC[C@H]1CN(c2ccc(N3CC(O[Si](C)(C)C(C)(C)C)C3)c(F)c2)C(=O)O1. The average molecular weight is 438 g/mol. The molecule has 2 aliphatic heterocycles. The van der Waals surface area contributed by atoms with Crippen molar-refractivity contribution in [2.24, 2.45) is 0 Å². The normalized spacial score (nSPS) is 20.2. The zero-order valence-corrected chi connectivity index (χ0v) is 19.6. The molecule has 3 rings (SSSR count). The number of ether oxygens (including phenoxy) is 1. The Balaban J connectivity index is 1.59. The zero-order valence-electron chi connectivity index (χ0n) is 18.6. The van der Waals surface area contributed by atoms with Crippen molar-refractivity contribution < 1.29 is 23.1 Å². The molecule has 2 fully saturated rings. The smallest absolute Gasteiger partial charge is 0.414 e. The molecule has 0 radical (unpaired) electrons. The van der Waals surface area contributed by atoms with Crippen molar-refractivity contribution in [1.82, 2.24) is 5.32 Å². The molecule has 0 aliphatic carbocycles. The fourth-order valence-electron chi connectivity index (χ4n) is 3.32. The van der Waals surface area contributed by atoms with E-state index >= 15 is 0 Å². The van der Waals surface area contributed by atoms with Crippen LogP contribution in [-0.4, -0.2) is 58.7 Å². The summed E-state index contributed by atoms with van der Waals surface area (Å²) in [6.45, 7) is 14.3. The molecule has 166 valence electrons. The van der Waals surface area contributed by atoms with Crippen molar-refractivity contribution in [3.05, 3.63) is 24.0 Å². The van der Waals surface area contributed by atoms with Gasteiger partial charge in [0.05, 0.1) is 30.6 Å². The zero-order chi connectivity index (χ0) is 22.3. The molecule has 1 atom stereocenters. The highest BCUT2D eigenvalue weighted by Gasteiger charge is 2.42. The molecule has 2 heterocycles. The van der Waals surface area contributed by atoms with Crippen molar-refractivity contribution in [2.75, 3.05) is 36.0 Å². The van der Waals surface area contributed by atoms with E-state index in [0.717, 1.165) is 0 Å². The Hall–Kier alpha value is -2.13. The van der Waals surface area contributed by atoms with Crippen LogP contribution in [0.15, 0.2) is 18.2 Å². The minimum atomic E-state index is -1.84. The first-order valence-corrected chi connectivity index (χ1v) is 13.2. The molecule has 0 spiro atoms. The first-order valence-electron chi connectivity index (χ1n) is 10.3. The van der Waals surface area contributed by atoms with Crippen LogP contribution in [0.4, 0.5) is 20.6 Å². The molecule has 0 saturated carbocycles. The number of anilines is 2. The van der Waals surface area contributed by atoms with Crippen molar-refractivity contribution in [1.29, 1.82) is 0 Å². The molecule has 0 unspecified atom stereocenters. The summed E-state index contributed by atoms with van der Waals surface area (Å²) >= 11 is 0. The largest absolute Gasteiger partial charge is 0.442 e. The number of nitrogens with zero attached hydrogens (tertiary/aromatic N) is 2. The predicted octanol–water partition coefficient (Wildman–Crippen LogP) is 3.50. The average Bonchev–Trinajstić information content (AvgIpc) is 2.96. The van der Waals surface area contributed by atoms with Crippen LogP contribution in [-0.2, 0) is 14.0 Å². The quantitative estimate of drug-likeness (QED) is 0.690. The van der Waals surface area contributed by atoms with Crippen molar-refractivity contribution in [2.45, 2.75) is 58.0 Å². The Morgan fingerprint density at radius 1 is 1.30 bits per heavy atom. The lowest BCUT2D eigenvalue weighted by Gasteiger charge is -2.47. The number of hydrogen-bond acceptors (Lipinski definition) is 5. The first kappa shape index (κ1) is 22.5. The molecule has 0 aromatic heterocycles. The van der Waals surface area contributed by atoms with Gasteiger partial charge in [-0.2, -0.15) is 0 Å². The van der Waals surface area contributed by atoms with E-state index in [-0.39, 0.29) is 36.0 Å². The summed E-state index contributed by atoms with van der Waals surface area (Å²) in [5, 5.41) is 2.77. The lowest BCUT2D eigenvalue weighted by atomic mass is 10.1. The van der Waals surface area contributed by atoms with Gasteiger partial charge in [0, 0.05) is 20.0 Å². The van der Waals surface area contributed by atoms with E-state index in [1.54, 1.807) is 12.1 Å². The van der Waals surface area contributed by atoms with E-state index in [1.807, 2.05) is 4.90 Å². The number of carbonyl (C=O) groups excluding carboxylic acids is 2. The number of nitrogens with one attached hydrogen (secondary N) is 1. The fraction of sp³-hybridized carbons (Fsp3) is 0.619. The van der Waals surface area contributed by atoms with Crippen LogP contribution in [0.3, 0.4) is 0 Å². The number of benzene rings is 1. The van der Waals surface area contributed by atoms with E-state index in [1.165, 1.54) is 17.9 Å². The molecule has 9 heteroatoms. The third kappa shape index (κ3) is 4.78. The number of amides is 2. The van der Waals surface area contributed by atoms with Gasteiger partial charge in [-0.15, -0.1) is 0 Å². The van der Waals surface area contributed by atoms with Gasteiger partial charge >= 0.3 is 6.09 Å². The Morgan fingerprint density at radius 3 is 2.53 bits per heavy atom. The van der Waals surface area contributed by atoms with Crippen LogP contribution >= 0.6 is 0 Å². The molecular formula is C21H32FN3O4Si. The van der Waals surface area contributed by atoms with Gasteiger partial charge in [-0.1, -0.05) is 20.8 Å². The maximum Gasteiger partial charge on any atom is 0.414 e. The van der Waals surface area contributed by atoms with Crippen LogP contribution < -0.4 is 15.1 Å². The second-order valence-corrected chi connectivity index (χ2v) is 14.4. The summed E-state index contributed by atoms with van der Waals surface area (Å²) in [5.74, 6) is -0.568. The van der Waals surface area contributed by atoms with Gasteiger partial charge in [0.2, 0.25) is 5.91 Å². The molecule has 7 nitrogen and oxygen atoms in total. The number of rotatable bonds is 6. The second kappa shape index (κ2) is 8.18. The molecule has 1 aromatic carbocycles. The minimum absolute atomic E-state index is 0.119. The third-order valence-electron chi connectivity index (χ3n) is 6.15. The van der Waals surface area contributed by atoms with E-state index in [9.17, 15) is 14.0 Å². The molecule has 0 bridgehead atoms. The van der Waals surface area contributed by atoms with Gasteiger partial charge in [-0.25, -0.2) is 9.18 Å². The van der Waals surface area contributed by atoms with E-state index in [0.29, 0.717) is 24.5 Å². The predicted molar refractivity (Wildman–Crippen MR) is 117 cm³/mol. The first-order chi connectivity index (χ1) is 13.9. The monoisotopic (exact) mass is 437 g/mol. The van der Waals surface area contributed by atoms with E-state index in [4.69, 9.17) is 9.16 Å². The van der Waals surface area contributed by atoms with Crippen molar-refractivity contribution in [3.8, 4) is 0 Å². The number of hydrogen-bond donors (Lipinski definition) is 1. The van der Waals surface area contributed by atoms with E-state index in [2.05, 4.69) is 39.2 Å². The third-order valence-corrected chi connectivity index (χ3v) is 10.7. The standard InChI is InChI=1S/C21H32FN3O4Si/c1-14(26)23-10-16-13-25(20(27)28-16)15-7-8-19(18(22)9-15)24-11-17(12-24)29-30(5,6)21(2,3)4/h7-9,16-17H,10-13H2,1-6H3,(H,23,26)/t16-/m0/s1. The molecule has 2 amide bonds. The number of halogens is 1. The van der Waals surface area contributed by atoms with Crippen LogP contribution in [0, 0.1) is 5.82 Å². The summed E-state index contributed by atoms with van der Waals surface area (Å²) in [6.07, 6.45) is -0.870. The molecular weight excluding hydrogens is 405 g/mol. The fourth-order valence-corrected chi connectivity index (χ4v) is 4.66. The van der Waals surface area contributed by atoms with Gasteiger partial charge in [0.1, 0.15) is 11.9 Å². The Morgan fingerprint density at radius 2 is 1.97 bits per heavy atom.